The van der Waals surface area contributed by atoms with Gasteiger partial charge < -0.3 is 9.64 Å². The molecule has 38 heavy (non-hydrogen) atoms. The molecular formula is C27H33N2O7S2+. The van der Waals surface area contributed by atoms with Crippen LogP contribution in [-0.4, -0.2) is 44.0 Å². The highest BCUT2D eigenvalue weighted by Gasteiger charge is 2.28. The van der Waals surface area contributed by atoms with Crippen LogP contribution >= 0.6 is 0 Å². The molecule has 0 radical (unpaired) electrons. The topological polar surface area (TPSA) is 125 Å². The number of aromatic nitrogens is 1. The van der Waals surface area contributed by atoms with Crippen molar-refractivity contribution >= 4 is 42.9 Å². The quantitative estimate of drug-likeness (QED) is 0.202. The number of aryl methyl sites for hydroxylation is 3. The SMILES string of the molecule is Cc1ccc2c(c1)N(CCCCS(=O)(=O)O)/C(=C/c1ccc3cc(C)ccc3[n+]1CCCCS(=O)(=O)O)O2. The molecule has 0 unspecified atom stereocenters. The summed E-state index contributed by atoms with van der Waals surface area (Å²) < 4.78 is 71.2. The normalized spacial score (nSPS) is 14.7. The van der Waals surface area contributed by atoms with Crippen molar-refractivity contribution in [1.82, 2.24) is 0 Å². The van der Waals surface area contributed by atoms with Gasteiger partial charge in [0.15, 0.2) is 5.75 Å². The molecule has 9 nitrogen and oxygen atoms in total. The molecule has 1 aliphatic rings. The number of hydrogen-bond donors (Lipinski definition) is 2. The van der Waals surface area contributed by atoms with Crippen molar-refractivity contribution in [2.24, 2.45) is 0 Å². The Bertz CT molecular complexity index is 1580. The van der Waals surface area contributed by atoms with Gasteiger partial charge in [0.1, 0.15) is 6.54 Å². The van der Waals surface area contributed by atoms with Gasteiger partial charge >= 0.3 is 0 Å². The minimum Gasteiger partial charge on any atom is -0.438 e. The molecule has 4 rings (SSSR count). The number of fused-ring (bicyclic) bond motifs is 2. The van der Waals surface area contributed by atoms with Gasteiger partial charge in [-0.1, -0.05) is 17.7 Å². The zero-order valence-electron chi connectivity index (χ0n) is 21.5. The van der Waals surface area contributed by atoms with Crippen LogP contribution in [-0.2, 0) is 26.8 Å². The van der Waals surface area contributed by atoms with Gasteiger partial charge in [-0.3, -0.25) is 9.11 Å². The third-order valence-corrected chi connectivity index (χ3v) is 8.05. The summed E-state index contributed by atoms with van der Waals surface area (Å²) in [4.78, 5) is 2.01. The van der Waals surface area contributed by atoms with Crippen LogP contribution in [0.3, 0.4) is 0 Å². The third-order valence-electron chi connectivity index (χ3n) is 6.44. The lowest BCUT2D eigenvalue weighted by Gasteiger charge is -2.18. The van der Waals surface area contributed by atoms with Crippen LogP contribution < -0.4 is 14.2 Å². The van der Waals surface area contributed by atoms with Crippen LogP contribution in [0.5, 0.6) is 5.75 Å². The van der Waals surface area contributed by atoms with Gasteiger partial charge in [0.05, 0.1) is 23.3 Å². The van der Waals surface area contributed by atoms with Crippen LogP contribution in [0.4, 0.5) is 5.69 Å². The fourth-order valence-corrected chi connectivity index (χ4v) is 5.76. The summed E-state index contributed by atoms with van der Waals surface area (Å²) in [7, 11) is -8.04. The van der Waals surface area contributed by atoms with Gasteiger partial charge in [0.2, 0.25) is 17.1 Å². The molecule has 0 amide bonds. The lowest BCUT2D eigenvalue weighted by Crippen LogP contribution is -2.38. The molecule has 2 heterocycles. The maximum absolute atomic E-state index is 11.2. The smallest absolute Gasteiger partial charge is 0.264 e. The van der Waals surface area contributed by atoms with Crippen LogP contribution in [0.25, 0.3) is 17.0 Å². The summed E-state index contributed by atoms with van der Waals surface area (Å²) >= 11 is 0. The van der Waals surface area contributed by atoms with E-state index in [0.717, 1.165) is 33.4 Å². The minimum absolute atomic E-state index is 0.289. The van der Waals surface area contributed by atoms with Crippen molar-refractivity contribution in [1.29, 1.82) is 0 Å². The van der Waals surface area contributed by atoms with E-state index in [0.29, 0.717) is 50.4 Å². The van der Waals surface area contributed by atoms with E-state index < -0.39 is 20.2 Å². The Morgan fingerprint density at radius 3 is 2.21 bits per heavy atom. The Kier molecular flexibility index (Phi) is 8.41. The largest absolute Gasteiger partial charge is 0.438 e. The lowest BCUT2D eigenvalue weighted by molar-refractivity contribution is -0.673. The van der Waals surface area contributed by atoms with Crippen molar-refractivity contribution in [3.63, 3.8) is 0 Å². The molecule has 0 atom stereocenters. The van der Waals surface area contributed by atoms with E-state index in [-0.39, 0.29) is 11.5 Å². The van der Waals surface area contributed by atoms with Crippen LogP contribution in [0, 0.1) is 13.8 Å². The Morgan fingerprint density at radius 1 is 0.842 bits per heavy atom. The average molecular weight is 562 g/mol. The van der Waals surface area contributed by atoms with E-state index >= 15 is 0 Å². The number of ether oxygens (including phenoxy) is 1. The van der Waals surface area contributed by atoms with E-state index in [4.69, 9.17) is 13.8 Å². The molecule has 1 aliphatic heterocycles. The van der Waals surface area contributed by atoms with E-state index in [1.165, 1.54) is 0 Å². The number of unbranched alkanes of at least 4 members (excludes halogenated alkanes) is 2. The van der Waals surface area contributed by atoms with Crippen LogP contribution in [0.1, 0.15) is 42.5 Å². The third kappa shape index (κ3) is 7.31. The molecule has 2 N–H and O–H groups in total. The molecule has 3 aromatic rings. The average Bonchev–Trinajstić information content (AvgIpc) is 3.15. The molecule has 0 saturated carbocycles. The van der Waals surface area contributed by atoms with E-state index in [2.05, 4.69) is 10.6 Å². The van der Waals surface area contributed by atoms with Crippen molar-refractivity contribution in [3.05, 3.63) is 71.2 Å². The molecule has 11 heteroatoms. The molecule has 0 saturated heterocycles. The van der Waals surface area contributed by atoms with Gasteiger partial charge in [0.25, 0.3) is 20.2 Å². The summed E-state index contributed by atoms with van der Waals surface area (Å²) in [6.45, 7) is 5.05. The van der Waals surface area contributed by atoms with Crippen molar-refractivity contribution in [2.45, 2.75) is 46.1 Å². The molecule has 0 bridgehead atoms. The summed E-state index contributed by atoms with van der Waals surface area (Å²) in [6, 6.07) is 16.1. The van der Waals surface area contributed by atoms with Crippen LogP contribution in [0.15, 0.2) is 54.4 Å². The van der Waals surface area contributed by atoms with Gasteiger partial charge in [-0.15, -0.1) is 0 Å². The second kappa shape index (κ2) is 11.4. The lowest BCUT2D eigenvalue weighted by atomic mass is 10.1. The highest BCUT2D eigenvalue weighted by molar-refractivity contribution is 7.86. The van der Waals surface area contributed by atoms with Crippen molar-refractivity contribution in [2.75, 3.05) is 23.0 Å². The predicted molar refractivity (Wildman–Crippen MR) is 147 cm³/mol. The number of benzene rings is 2. The summed E-state index contributed by atoms with van der Waals surface area (Å²) in [5.41, 5.74) is 4.92. The molecule has 2 aromatic carbocycles. The summed E-state index contributed by atoms with van der Waals surface area (Å²) in [5, 5.41) is 1.05. The molecule has 0 aliphatic carbocycles. The first-order valence-corrected chi connectivity index (χ1v) is 15.7. The zero-order valence-corrected chi connectivity index (χ0v) is 23.1. The first kappa shape index (κ1) is 28.0. The number of nitrogens with zero attached hydrogens (tertiary/aromatic N) is 2. The number of hydrogen-bond acceptors (Lipinski definition) is 6. The monoisotopic (exact) mass is 561 g/mol. The highest BCUT2D eigenvalue weighted by atomic mass is 32.2. The summed E-state index contributed by atoms with van der Waals surface area (Å²) in [6.07, 6.45) is 3.64. The highest BCUT2D eigenvalue weighted by Crippen LogP contribution is 2.40. The first-order valence-electron chi connectivity index (χ1n) is 12.5. The van der Waals surface area contributed by atoms with Gasteiger partial charge in [-0.05, 0) is 62.9 Å². The van der Waals surface area contributed by atoms with Gasteiger partial charge in [0, 0.05) is 30.5 Å². The Labute approximate surface area is 223 Å². The Balaban J connectivity index is 1.68. The van der Waals surface area contributed by atoms with E-state index in [1.54, 1.807) is 0 Å². The molecule has 0 fully saturated rings. The Hall–Kier alpha value is -2.99. The first-order chi connectivity index (χ1) is 17.9. The second-order valence-corrected chi connectivity index (χ2v) is 12.8. The maximum Gasteiger partial charge on any atom is 0.264 e. The van der Waals surface area contributed by atoms with Crippen LogP contribution in [0.2, 0.25) is 0 Å². The van der Waals surface area contributed by atoms with E-state index in [1.807, 2.05) is 67.3 Å². The fourth-order valence-electron chi connectivity index (χ4n) is 4.62. The zero-order chi connectivity index (χ0) is 27.5. The molecule has 0 spiro atoms. The van der Waals surface area contributed by atoms with Gasteiger partial charge in [-0.25, -0.2) is 0 Å². The molecule has 1 aromatic heterocycles. The number of anilines is 1. The standard InChI is InChI=1S/C27H32N2O7S2/c1-20-7-11-24-22(17-20)9-10-23(28(24)13-3-5-15-37(30,31)32)19-27-29(14-4-6-16-38(33,34)35)25-18-21(2)8-12-26(25)36-27/h7-12,17-19H,3-6,13-16H2,1-2H3,(H-,30,31,32,33,34,35)/p+1. The predicted octanol–water partition coefficient (Wildman–Crippen LogP) is 4.28. The Morgan fingerprint density at radius 2 is 1.50 bits per heavy atom. The maximum atomic E-state index is 11.2. The van der Waals surface area contributed by atoms with Crippen molar-refractivity contribution < 1.29 is 35.2 Å². The molecule has 204 valence electrons. The minimum atomic E-state index is -4.02. The van der Waals surface area contributed by atoms with Crippen molar-refractivity contribution in [3.8, 4) is 5.75 Å². The van der Waals surface area contributed by atoms with Gasteiger partial charge in [-0.2, -0.15) is 21.4 Å². The second-order valence-electron chi connectivity index (χ2n) is 9.67. The fraction of sp³-hybridized carbons (Fsp3) is 0.370. The number of rotatable bonds is 11. The summed E-state index contributed by atoms with van der Waals surface area (Å²) in [5.74, 6) is 0.709. The molecular weight excluding hydrogens is 528 g/mol. The van der Waals surface area contributed by atoms with E-state index in [9.17, 15) is 16.8 Å². The number of pyridine rings is 1.